The number of hydrogen-bond acceptors (Lipinski definition) is 6. The largest absolute Gasteiger partial charge is 0.466 e. The molecular formula is C30H42N4O2. The zero-order chi connectivity index (χ0) is 24.6. The van der Waals surface area contributed by atoms with Gasteiger partial charge in [0.15, 0.2) is 0 Å². The second kappa shape index (κ2) is 10.0. The average Bonchev–Trinajstić information content (AvgIpc) is 3.52. The predicted molar refractivity (Wildman–Crippen MR) is 143 cm³/mol. The maximum atomic E-state index is 12.4. The highest BCUT2D eigenvalue weighted by Gasteiger charge is 2.49. The number of fused-ring (bicyclic) bond motifs is 2. The number of benzene rings is 1. The molecule has 2 N–H and O–H groups in total. The lowest BCUT2D eigenvalue weighted by Crippen LogP contribution is -2.51. The summed E-state index contributed by atoms with van der Waals surface area (Å²) >= 11 is 0. The van der Waals surface area contributed by atoms with Gasteiger partial charge in [-0.3, -0.25) is 10.2 Å². The van der Waals surface area contributed by atoms with Crippen molar-refractivity contribution in [1.29, 1.82) is 0 Å². The Morgan fingerprint density at radius 1 is 1.00 bits per heavy atom. The molecule has 0 aromatic heterocycles. The first-order valence-corrected chi connectivity index (χ1v) is 14.4. The van der Waals surface area contributed by atoms with Crippen molar-refractivity contribution in [2.45, 2.75) is 102 Å². The van der Waals surface area contributed by atoms with Gasteiger partial charge in [0.1, 0.15) is 5.82 Å². The van der Waals surface area contributed by atoms with Crippen LogP contribution < -0.4 is 15.8 Å². The Bertz CT molecular complexity index is 1050. The summed E-state index contributed by atoms with van der Waals surface area (Å²) < 4.78 is 5.30. The van der Waals surface area contributed by atoms with E-state index in [4.69, 9.17) is 4.74 Å². The highest BCUT2D eigenvalue weighted by Crippen LogP contribution is 2.53. The Morgan fingerprint density at radius 3 is 2.42 bits per heavy atom. The molecule has 5 aliphatic rings. The first kappa shape index (κ1) is 23.7. The number of hydrazine groups is 1. The van der Waals surface area contributed by atoms with Gasteiger partial charge >= 0.3 is 5.97 Å². The molecule has 4 fully saturated rings. The standard InChI is InChI=1S/C30H42N4O2/c1-3-36-28(35)19-25(20-9-6-10-20)31-32-30(21-11-7-12-21)34(22-17-18-22)29-23-13-4-5-15-26(23)33(2)27-16-8-14-24(27)29/h4-5,13,15,22,24,27,29,31-32H,3,6-12,14,16-19H2,1-2H3. The predicted octanol–water partition coefficient (Wildman–Crippen LogP) is 5.69. The Kier molecular flexibility index (Phi) is 6.61. The fraction of sp³-hybridized carbons (Fsp3) is 0.633. The van der Waals surface area contributed by atoms with Gasteiger partial charge in [-0.1, -0.05) is 24.6 Å². The van der Waals surface area contributed by atoms with Gasteiger partial charge in [-0.15, -0.1) is 0 Å². The quantitative estimate of drug-likeness (QED) is 0.343. The number of rotatable bonds is 9. The Labute approximate surface area is 216 Å². The van der Waals surface area contributed by atoms with E-state index in [1.807, 2.05) is 6.92 Å². The molecule has 6 nitrogen and oxygen atoms in total. The van der Waals surface area contributed by atoms with Crippen molar-refractivity contribution in [2.24, 2.45) is 5.92 Å². The van der Waals surface area contributed by atoms with Crippen LogP contribution in [0.1, 0.15) is 95.6 Å². The molecule has 1 heterocycles. The van der Waals surface area contributed by atoms with Gasteiger partial charge in [0, 0.05) is 36.4 Å². The highest BCUT2D eigenvalue weighted by molar-refractivity contribution is 5.72. The van der Waals surface area contributed by atoms with Crippen LogP contribution in [0.15, 0.2) is 46.9 Å². The van der Waals surface area contributed by atoms with E-state index in [-0.39, 0.29) is 5.97 Å². The van der Waals surface area contributed by atoms with Crippen molar-refractivity contribution in [3.63, 3.8) is 0 Å². The van der Waals surface area contributed by atoms with Gasteiger partial charge in [0.2, 0.25) is 0 Å². The van der Waals surface area contributed by atoms with Crippen LogP contribution in [0.3, 0.4) is 0 Å². The average molecular weight is 491 g/mol. The third-order valence-electron chi connectivity index (χ3n) is 9.20. The molecule has 1 aromatic rings. The van der Waals surface area contributed by atoms with Crippen LogP contribution >= 0.6 is 0 Å². The fourth-order valence-electron chi connectivity index (χ4n) is 6.87. The maximum absolute atomic E-state index is 12.4. The summed E-state index contributed by atoms with van der Waals surface area (Å²) in [7, 11) is 2.30. The second-order valence-electron chi connectivity index (χ2n) is 11.4. The van der Waals surface area contributed by atoms with Crippen molar-refractivity contribution in [2.75, 3.05) is 18.6 Å². The van der Waals surface area contributed by atoms with Crippen molar-refractivity contribution in [3.8, 4) is 0 Å². The molecule has 0 bridgehead atoms. The minimum atomic E-state index is -0.142. The molecular weight excluding hydrogens is 448 g/mol. The van der Waals surface area contributed by atoms with Crippen molar-refractivity contribution in [3.05, 3.63) is 52.5 Å². The van der Waals surface area contributed by atoms with Crippen LogP contribution in [-0.2, 0) is 9.53 Å². The fourth-order valence-corrected chi connectivity index (χ4v) is 6.87. The second-order valence-corrected chi connectivity index (χ2v) is 11.4. The number of allylic oxidation sites excluding steroid dienone is 2. The van der Waals surface area contributed by atoms with E-state index in [2.05, 4.69) is 52.0 Å². The molecule has 6 rings (SSSR count). The van der Waals surface area contributed by atoms with E-state index in [0.29, 0.717) is 37.1 Å². The molecule has 0 radical (unpaired) electrons. The number of anilines is 1. The molecule has 1 aromatic carbocycles. The van der Waals surface area contributed by atoms with Gasteiger partial charge in [0.25, 0.3) is 0 Å². The van der Waals surface area contributed by atoms with Gasteiger partial charge in [-0.25, -0.2) is 0 Å². The smallest absolute Gasteiger partial charge is 0.311 e. The third-order valence-corrected chi connectivity index (χ3v) is 9.20. The monoisotopic (exact) mass is 490 g/mol. The first-order valence-electron chi connectivity index (χ1n) is 14.4. The minimum Gasteiger partial charge on any atom is -0.466 e. The van der Waals surface area contributed by atoms with Crippen LogP contribution in [-0.4, -0.2) is 36.6 Å². The molecule has 4 aliphatic carbocycles. The Morgan fingerprint density at radius 2 is 1.75 bits per heavy atom. The molecule has 0 saturated heterocycles. The molecule has 6 heteroatoms. The van der Waals surface area contributed by atoms with E-state index < -0.39 is 0 Å². The van der Waals surface area contributed by atoms with E-state index in [1.165, 1.54) is 86.0 Å². The molecule has 3 atom stereocenters. The number of ether oxygens (including phenoxy) is 1. The molecule has 3 unspecified atom stereocenters. The Balaban J connectivity index is 1.33. The van der Waals surface area contributed by atoms with Gasteiger partial charge in [0.05, 0.1) is 19.1 Å². The van der Waals surface area contributed by atoms with Crippen LogP contribution in [0.2, 0.25) is 0 Å². The number of nitrogens with one attached hydrogen (secondary N) is 2. The van der Waals surface area contributed by atoms with Crippen LogP contribution in [0.5, 0.6) is 0 Å². The molecule has 0 amide bonds. The number of esters is 1. The maximum Gasteiger partial charge on any atom is 0.311 e. The van der Waals surface area contributed by atoms with Crippen LogP contribution in [0.4, 0.5) is 5.69 Å². The lowest BCUT2D eigenvalue weighted by atomic mass is 9.81. The third kappa shape index (κ3) is 4.37. The molecule has 36 heavy (non-hydrogen) atoms. The summed E-state index contributed by atoms with van der Waals surface area (Å²) in [4.78, 5) is 17.7. The van der Waals surface area contributed by atoms with Crippen molar-refractivity contribution >= 4 is 11.7 Å². The highest BCUT2D eigenvalue weighted by atomic mass is 16.5. The normalized spacial score (nSPS) is 26.3. The van der Waals surface area contributed by atoms with Gasteiger partial charge < -0.3 is 20.0 Å². The number of nitrogens with zero attached hydrogens (tertiary/aromatic N) is 2. The minimum absolute atomic E-state index is 0.142. The number of para-hydroxylation sites is 1. The zero-order valence-electron chi connectivity index (χ0n) is 22.0. The summed E-state index contributed by atoms with van der Waals surface area (Å²) in [5, 5.41) is 0. The van der Waals surface area contributed by atoms with E-state index in [1.54, 1.807) is 0 Å². The molecule has 1 aliphatic heterocycles. The molecule has 4 saturated carbocycles. The summed E-state index contributed by atoms with van der Waals surface area (Å²) in [5.74, 6) is 1.79. The lowest BCUT2D eigenvalue weighted by molar-refractivity contribution is -0.142. The summed E-state index contributed by atoms with van der Waals surface area (Å²) in [5.41, 5.74) is 14.1. The summed E-state index contributed by atoms with van der Waals surface area (Å²) in [6, 6.07) is 10.7. The molecule has 0 spiro atoms. The Hall–Kier alpha value is -2.63. The van der Waals surface area contributed by atoms with E-state index in [0.717, 1.165) is 18.5 Å². The first-order chi connectivity index (χ1) is 17.7. The number of carbonyl (C=O) groups is 1. The van der Waals surface area contributed by atoms with Crippen molar-refractivity contribution in [1.82, 2.24) is 15.8 Å². The van der Waals surface area contributed by atoms with Gasteiger partial charge in [-0.05, 0) is 93.9 Å². The summed E-state index contributed by atoms with van der Waals surface area (Å²) in [6.45, 7) is 2.31. The molecule has 194 valence electrons. The zero-order valence-corrected chi connectivity index (χ0v) is 22.0. The number of hydrogen-bond donors (Lipinski definition) is 2. The van der Waals surface area contributed by atoms with Gasteiger partial charge in [-0.2, -0.15) is 0 Å². The topological polar surface area (TPSA) is 56.8 Å². The van der Waals surface area contributed by atoms with Crippen molar-refractivity contribution < 1.29 is 9.53 Å². The summed E-state index contributed by atoms with van der Waals surface area (Å²) in [6.07, 6.45) is 13.7. The number of carbonyl (C=O) groups excluding carboxylic acids is 1. The van der Waals surface area contributed by atoms with E-state index in [9.17, 15) is 4.79 Å². The van der Waals surface area contributed by atoms with Crippen LogP contribution in [0, 0.1) is 5.92 Å². The SMILES string of the molecule is CCOC(=O)CC(NNC(=C1CCC1)N(C1CC1)C1c2ccccc2N(C)C2CCCC21)=C1CCC1. The van der Waals surface area contributed by atoms with E-state index >= 15 is 0 Å². The lowest BCUT2D eigenvalue weighted by Gasteiger charge is -2.49. The van der Waals surface area contributed by atoms with Crippen LogP contribution in [0.25, 0.3) is 0 Å².